The van der Waals surface area contributed by atoms with Crippen molar-refractivity contribution in [3.05, 3.63) is 45.7 Å². The maximum atomic E-state index is 12.7. The SMILES string of the molecule is Cc1c(CO[C@H]2CC[C@H](N(C)C(=O)C3CCCC3)CC2)[nH]c2ccccc2c1=O. The molecule has 5 nitrogen and oxygen atoms in total. The number of carbonyl (C=O) groups excluding carboxylic acids is 1. The van der Waals surface area contributed by atoms with E-state index in [1.54, 1.807) is 0 Å². The fraction of sp³-hybridized carbons (Fsp3) is 0.583. The second-order valence-electron chi connectivity index (χ2n) is 8.78. The number of aromatic amines is 1. The van der Waals surface area contributed by atoms with E-state index < -0.39 is 0 Å². The molecule has 2 aliphatic carbocycles. The van der Waals surface area contributed by atoms with Crippen molar-refractivity contribution in [3.63, 3.8) is 0 Å². The topological polar surface area (TPSA) is 62.4 Å². The van der Waals surface area contributed by atoms with E-state index in [1.807, 2.05) is 43.1 Å². The van der Waals surface area contributed by atoms with E-state index in [0.29, 0.717) is 18.6 Å². The van der Waals surface area contributed by atoms with Gasteiger partial charge in [0.1, 0.15) is 0 Å². The number of aromatic nitrogens is 1. The third-order valence-electron chi connectivity index (χ3n) is 6.96. The summed E-state index contributed by atoms with van der Waals surface area (Å²) in [6, 6.07) is 7.95. The third-order valence-corrected chi connectivity index (χ3v) is 6.96. The lowest BCUT2D eigenvalue weighted by atomic mass is 9.91. The molecular formula is C24H32N2O3. The first-order chi connectivity index (χ1) is 14.0. The quantitative estimate of drug-likeness (QED) is 0.819. The first-order valence-electron chi connectivity index (χ1n) is 11.0. The van der Waals surface area contributed by atoms with Gasteiger partial charge in [-0.3, -0.25) is 9.59 Å². The van der Waals surface area contributed by atoms with Gasteiger partial charge < -0.3 is 14.6 Å². The van der Waals surface area contributed by atoms with Crippen LogP contribution in [0.15, 0.2) is 29.1 Å². The first kappa shape index (κ1) is 20.1. The van der Waals surface area contributed by atoms with Gasteiger partial charge in [0.25, 0.3) is 0 Å². The van der Waals surface area contributed by atoms with Crippen LogP contribution in [0.1, 0.15) is 62.6 Å². The molecule has 29 heavy (non-hydrogen) atoms. The fourth-order valence-corrected chi connectivity index (χ4v) is 4.97. The summed E-state index contributed by atoms with van der Waals surface area (Å²) in [6.07, 6.45) is 8.61. The van der Waals surface area contributed by atoms with Crippen molar-refractivity contribution in [2.24, 2.45) is 5.92 Å². The van der Waals surface area contributed by atoms with Crippen molar-refractivity contribution >= 4 is 16.8 Å². The highest BCUT2D eigenvalue weighted by molar-refractivity contribution is 5.79. The number of carbonyl (C=O) groups is 1. The third kappa shape index (κ3) is 4.25. The lowest BCUT2D eigenvalue weighted by Gasteiger charge is -2.35. The normalized spacial score (nSPS) is 22.8. The molecule has 156 valence electrons. The lowest BCUT2D eigenvalue weighted by Crippen LogP contribution is -2.43. The van der Waals surface area contributed by atoms with Gasteiger partial charge in [0.05, 0.1) is 12.7 Å². The number of nitrogens with one attached hydrogen (secondary N) is 1. The Hall–Kier alpha value is -2.14. The van der Waals surface area contributed by atoms with Crippen molar-refractivity contribution in [1.29, 1.82) is 0 Å². The number of H-pyrrole nitrogens is 1. The van der Waals surface area contributed by atoms with Gasteiger partial charge in [-0.05, 0) is 57.6 Å². The van der Waals surface area contributed by atoms with Crippen molar-refractivity contribution in [1.82, 2.24) is 9.88 Å². The van der Waals surface area contributed by atoms with Crippen molar-refractivity contribution < 1.29 is 9.53 Å². The van der Waals surface area contributed by atoms with E-state index in [9.17, 15) is 9.59 Å². The summed E-state index contributed by atoms with van der Waals surface area (Å²) in [5.74, 6) is 0.595. The molecular weight excluding hydrogens is 364 g/mol. The fourth-order valence-electron chi connectivity index (χ4n) is 4.97. The molecule has 1 amide bonds. The number of hydrogen-bond acceptors (Lipinski definition) is 3. The zero-order valence-corrected chi connectivity index (χ0v) is 17.6. The minimum atomic E-state index is 0.0775. The van der Waals surface area contributed by atoms with Gasteiger partial charge >= 0.3 is 0 Å². The van der Waals surface area contributed by atoms with Crippen LogP contribution in [0.2, 0.25) is 0 Å². The maximum absolute atomic E-state index is 12.7. The van der Waals surface area contributed by atoms with Crippen molar-refractivity contribution in [2.75, 3.05) is 7.05 Å². The van der Waals surface area contributed by atoms with Crippen LogP contribution in [-0.4, -0.2) is 35.0 Å². The Balaban J connectivity index is 1.32. The summed E-state index contributed by atoms with van der Waals surface area (Å²) < 4.78 is 6.17. The molecule has 5 heteroatoms. The monoisotopic (exact) mass is 396 g/mol. The van der Waals surface area contributed by atoms with Gasteiger partial charge in [0.15, 0.2) is 5.43 Å². The number of hydrogen-bond donors (Lipinski definition) is 1. The molecule has 2 fully saturated rings. The highest BCUT2D eigenvalue weighted by atomic mass is 16.5. The maximum Gasteiger partial charge on any atom is 0.225 e. The number of amides is 1. The van der Waals surface area contributed by atoms with Crippen molar-refractivity contribution in [2.45, 2.75) is 77.0 Å². The van der Waals surface area contributed by atoms with E-state index in [2.05, 4.69) is 4.98 Å². The molecule has 2 saturated carbocycles. The molecule has 0 spiro atoms. The molecule has 1 heterocycles. The average Bonchev–Trinajstić information content (AvgIpc) is 3.29. The highest BCUT2D eigenvalue weighted by Gasteiger charge is 2.31. The molecule has 0 bridgehead atoms. The van der Waals surface area contributed by atoms with Crippen LogP contribution in [0.25, 0.3) is 10.9 Å². The summed E-state index contributed by atoms with van der Waals surface area (Å²) >= 11 is 0. The number of benzene rings is 1. The summed E-state index contributed by atoms with van der Waals surface area (Å²) in [5, 5.41) is 0.726. The molecule has 1 N–H and O–H groups in total. The van der Waals surface area contributed by atoms with Crippen molar-refractivity contribution in [3.8, 4) is 0 Å². The van der Waals surface area contributed by atoms with Gasteiger partial charge in [-0.1, -0.05) is 25.0 Å². The Bertz CT molecular complexity index is 921. The first-order valence-corrected chi connectivity index (χ1v) is 11.0. The number of para-hydroxylation sites is 1. The summed E-state index contributed by atoms with van der Waals surface area (Å²) in [7, 11) is 1.98. The molecule has 0 aliphatic heterocycles. The standard InChI is InChI=1S/C24H32N2O3/c1-16-22(25-21-10-6-5-9-20(21)23(16)27)15-29-19-13-11-18(12-14-19)26(2)24(28)17-7-3-4-8-17/h5-6,9-10,17-19H,3-4,7-8,11-15H2,1-2H3,(H,25,27)/t18-,19-. The molecule has 2 aliphatic rings. The summed E-state index contributed by atoms with van der Waals surface area (Å²) in [6.45, 7) is 2.29. The zero-order valence-electron chi connectivity index (χ0n) is 17.6. The smallest absolute Gasteiger partial charge is 0.225 e. The van der Waals surface area contributed by atoms with E-state index in [0.717, 1.165) is 60.7 Å². The van der Waals surface area contributed by atoms with Gasteiger partial charge in [-0.2, -0.15) is 0 Å². The number of fused-ring (bicyclic) bond motifs is 1. The Morgan fingerprint density at radius 3 is 2.52 bits per heavy atom. The Kier molecular flexibility index (Phi) is 6.04. The molecule has 0 unspecified atom stereocenters. The molecule has 1 aromatic carbocycles. The molecule has 4 rings (SSSR count). The number of nitrogens with zero attached hydrogens (tertiary/aromatic N) is 1. The van der Waals surface area contributed by atoms with E-state index in [1.165, 1.54) is 12.8 Å². The predicted molar refractivity (Wildman–Crippen MR) is 115 cm³/mol. The van der Waals surface area contributed by atoms with Gasteiger partial charge in [-0.25, -0.2) is 0 Å². The molecule has 1 aromatic heterocycles. The zero-order chi connectivity index (χ0) is 20.4. The van der Waals surface area contributed by atoms with Gasteiger partial charge in [-0.15, -0.1) is 0 Å². The van der Waals surface area contributed by atoms with Crippen LogP contribution in [0.3, 0.4) is 0 Å². The predicted octanol–water partition coefficient (Wildman–Crippen LogP) is 4.31. The molecule has 0 atom stereocenters. The molecule has 2 aromatic rings. The minimum Gasteiger partial charge on any atom is -0.372 e. The van der Waals surface area contributed by atoms with Crippen LogP contribution >= 0.6 is 0 Å². The second-order valence-corrected chi connectivity index (χ2v) is 8.78. The Morgan fingerprint density at radius 2 is 1.79 bits per heavy atom. The van der Waals surface area contributed by atoms with Crippen LogP contribution in [0.4, 0.5) is 0 Å². The van der Waals surface area contributed by atoms with Crippen LogP contribution in [-0.2, 0) is 16.1 Å². The second kappa shape index (κ2) is 8.70. The Labute approximate surface area is 172 Å². The largest absolute Gasteiger partial charge is 0.372 e. The molecule has 0 saturated heterocycles. The van der Waals surface area contributed by atoms with Crippen LogP contribution in [0.5, 0.6) is 0 Å². The minimum absolute atomic E-state index is 0.0775. The number of rotatable bonds is 5. The Morgan fingerprint density at radius 1 is 1.10 bits per heavy atom. The van der Waals surface area contributed by atoms with E-state index >= 15 is 0 Å². The summed E-state index contributed by atoms with van der Waals surface area (Å²) in [4.78, 5) is 30.6. The summed E-state index contributed by atoms with van der Waals surface area (Å²) in [5.41, 5.74) is 2.54. The van der Waals surface area contributed by atoms with E-state index in [-0.39, 0.29) is 17.5 Å². The van der Waals surface area contributed by atoms with Gasteiger partial charge in [0.2, 0.25) is 5.91 Å². The highest BCUT2D eigenvalue weighted by Crippen LogP contribution is 2.30. The van der Waals surface area contributed by atoms with Gasteiger partial charge in [0, 0.05) is 41.2 Å². The molecule has 0 radical (unpaired) electrons. The van der Waals surface area contributed by atoms with Crippen LogP contribution in [0, 0.1) is 12.8 Å². The average molecular weight is 397 g/mol. The lowest BCUT2D eigenvalue weighted by molar-refractivity contribution is -0.137. The number of pyridine rings is 1. The number of ether oxygens (including phenoxy) is 1. The van der Waals surface area contributed by atoms with E-state index in [4.69, 9.17) is 4.74 Å². The van der Waals surface area contributed by atoms with Crippen LogP contribution < -0.4 is 5.43 Å².